The molecule has 2 N–H and O–H groups in total. The predicted octanol–water partition coefficient (Wildman–Crippen LogP) is 3.61. The number of rotatable bonds is 9. The van der Waals surface area contributed by atoms with Gasteiger partial charge in [0, 0.05) is 38.3 Å². The van der Waals surface area contributed by atoms with Gasteiger partial charge in [0.05, 0.1) is 13.2 Å². The van der Waals surface area contributed by atoms with Crippen LogP contribution in [-0.2, 0) is 29.2 Å². The number of carbonyl (C=O) groups is 1. The van der Waals surface area contributed by atoms with Crippen LogP contribution in [-0.4, -0.2) is 31.6 Å². The van der Waals surface area contributed by atoms with Crippen molar-refractivity contribution in [1.29, 1.82) is 0 Å². The van der Waals surface area contributed by atoms with Gasteiger partial charge < -0.3 is 20.3 Å². The van der Waals surface area contributed by atoms with E-state index in [1.165, 1.54) is 11.1 Å². The van der Waals surface area contributed by atoms with Gasteiger partial charge in [0.15, 0.2) is 5.96 Å². The lowest BCUT2D eigenvalue weighted by Crippen LogP contribution is -2.37. The molecular formula is C24H32N4O2. The van der Waals surface area contributed by atoms with Crippen LogP contribution < -0.4 is 15.5 Å². The number of nitrogens with one attached hydrogen (secondary N) is 2. The zero-order valence-corrected chi connectivity index (χ0v) is 18.0. The highest BCUT2D eigenvalue weighted by molar-refractivity contribution is 5.95. The second kappa shape index (κ2) is 11.4. The Kier molecular flexibility index (Phi) is 8.27. The largest absolute Gasteiger partial charge is 0.377 e. The molecule has 30 heavy (non-hydrogen) atoms. The summed E-state index contributed by atoms with van der Waals surface area (Å²) in [6.07, 6.45) is 1.59. The zero-order valence-electron chi connectivity index (χ0n) is 18.0. The second-order valence-electron chi connectivity index (χ2n) is 7.27. The Morgan fingerprint density at radius 3 is 2.50 bits per heavy atom. The number of aliphatic imine (C=N–C) groups is 1. The predicted molar refractivity (Wildman–Crippen MR) is 121 cm³/mol. The van der Waals surface area contributed by atoms with Crippen molar-refractivity contribution in [1.82, 2.24) is 10.6 Å². The van der Waals surface area contributed by atoms with E-state index in [-0.39, 0.29) is 5.91 Å². The minimum atomic E-state index is 0.212. The lowest BCUT2D eigenvalue weighted by Gasteiger charge is -2.16. The average molecular weight is 409 g/mol. The highest BCUT2D eigenvalue weighted by atomic mass is 16.5. The fourth-order valence-corrected chi connectivity index (χ4v) is 3.48. The van der Waals surface area contributed by atoms with Gasteiger partial charge in [-0.1, -0.05) is 36.4 Å². The highest BCUT2D eigenvalue weighted by Crippen LogP contribution is 2.21. The van der Waals surface area contributed by atoms with Crippen LogP contribution in [0.25, 0.3) is 0 Å². The third-order valence-corrected chi connectivity index (χ3v) is 5.11. The summed E-state index contributed by atoms with van der Waals surface area (Å²) in [5, 5.41) is 6.72. The van der Waals surface area contributed by atoms with Crippen molar-refractivity contribution in [2.75, 3.05) is 24.6 Å². The number of anilines is 1. The van der Waals surface area contributed by atoms with E-state index in [0.717, 1.165) is 36.7 Å². The molecule has 2 aromatic carbocycles. The van der Waals surface area contributed by atoms with Crippen LogP contribution in [0.5, 0.6) is 0 Å². The third kappa shape index (κ3) is 6.07. The molecule has 0 radical (unpaired) electrons. The van der Waals surface area contributed by atoms with Crippen LogP contribution >= 0.6 is 0 Å². The van der Waals surface area contributed by atoms with E-state index in [1.54, 1.807) is 0 Å². The molecule has 0 aromatic heterocycles. The van der Waals surface area contributed by atoms with Gasteiger partial charge in [-0.3, -0.25) is 4.79 Å². The highest BCUT2D eigenvalue weighted by Gasteiger charge is 2.21. The van der Waals surface area contributed by atoms with E-state index in [4.69, 9.17) is 9.73 Å². The number of nitrogens with zero attached hydrogens (tertiary/aromatic N) is 2. The molecule has 0 atom stereocenters. The molecule has 1 fully saturated rings. The lowest BCUT2D eigenvalue weighted by atomic mass is 10.1. The van der Waals surface area contributed by atoms with Crippen molar-refractivity contribution in [2.45, 2.75) is 46.4 Å². The van der Waals surface area contributed by atoms with Crippen molar-refractivity contribution in [3.8, 4) is 0 Å². The monoisotopic (exact) mass is 408 g/mol. The van der Waals surface area contributed by atoms with Crippen molar-refractivity contribution in [3.63, 3.8) is 0 Å². The van der Waals surface area contributed by atoms with E-state index < -0.39 is 0 Å². The first-order chi connectivity index (χ1) is 14.7. The first-order valence-electron chi connectivity index (χ1n) is 10.8. The topological polar surface area (TPSA) is 66.0 Å². The molecule has 0 spiro atoms. The van der Waals surface area contributed by atoms with Crippen LogP contribution in [0.3, 0.4) is 0 Å². The number of ether oxygens (including phenoxy) is 1. The molecule has 3 rings (SSSR count). The molecule has 0 saturated carbocycles. The first-order valence-corrected chi connectivity index (χ1v) is 10.8. The molecule has 0 aliphatic carbocycles. The molecule has 160 valence electrons. The number of hydrogen-bond acceptors (Lipinski definition) is 3. The fraction of sp³-hybridized carbons (Fsp3) is 0.417. The Labute approximate surface area is 179 Å². The molecule has 1 aliphatic heterocycles. The number of guanidine groups is 1. The molecule has 6 heteroatoms. The summed E-state index contributed by atoms with van der Waals surface area (Å²) >= 11 is 0. The van der Waals surface area contributed by atoms with Gasteiger partial charge in [0.25, 0.3) is 0 Å². The van der Waals surface area contributed by atoms with Crippen molar-refractivity contribution >= 4 is 17.6 Å². The van der Waals surface area contributed by atoms with Gasteiger partial charge in [-0.15, -0.1) is 0 Å². The van der Waals surface area contributed by atoms with E-state index in [0.29, 0.717) is 32.7 Å². The summed E-state index contributed by atoms with van der Waals surface area (Å²) < 4.78 is 5.57. The van der Waals surface area contributed by atoms with Crippen LogP contribution in [0.15, 0.2) is 53.5 Å². The maximum Gasteiger partial charge on any atom is 0.227 e. The van der Waals surface area contributed by atoms with E-state index in [2.05, 4.69) is 29.7 Å². The van der Waals surface area contributed by atoms with Gasteiger partial charge in [-0.05, 0) is 49.1 Å². The summed E-state index contributed by atoms with van der Waals surface area (Å²) in [7, 11) is 0. The molecule has 0 unspecified atom stereocenters. The van der Waals surface area contributed by atoms with Crippen molar-refractivity contribution in [2.24, 2.45) is 4.99 Å². The smallest absolute Gasteiger partial charge is 0.227 e. The molecule has 1 aliphatic rings. The molecule has 1 heterocycles. The Morgan fingerprint density at radius 2 is 1.83 bits per heavy atom. The van der Waals surface area contributed by atoms with Crippen molar-refractivity contribution in [3.05, 3.63) is 65.2 Å². The molecule has 1 saturated heterocycles. The molecule has 6 nitrogen and oxygen atoms in total. The Hall–Kier alpha value is -2.86. The summed E-state index contributed by atoms with van der Waals surface area (Å²) in [5.41, 5.74) is 4.48. The normalized spacial score (nSPS) is 14.3. The maximum absolute atomic E-state index is 11.9. The van der Waals surface area contributed by atoms with E-state index >= 15 is 0 Å². The third-order valence-electron chi connectivity index (χ3n) is 5.11. The van der Waals surface area contributed by atoms with Crippen LogP contribution in [0.4, 0.5) is 5.69 Å². The van der Waals surface area contributed by atoms with Gasteiger partial charge >= 0.3 is 0 Å². The number of amides is 1. The quantitative estimate of drug-likeness (QED) is 0.491. The van der Waals surface area contributed by atoms with Crippen LogP contribution in [0, 0.1) is 0 Å². The standard InChI is InChI=1S/C24H32N4O2/c1-3-25-24(27-17-20-8-5-6-9-21(20)18-30-4-2)26-16-19-11-13-22(14-12-19)28-15-7-10-23(28)29/h5-6,8-9,11-14H,3-4,7,10,15-18H2,1-2H3,(H2,25,26,27). The van der Waals surface area contributed by atoms with E-state index in [1.807, 2.05) is 48.2 Å². The minimum absolute atomic E-state index is 0.212. The Balaban J connectivity index is 1.60. The van der Waals surface area contributed by atoms with Crippen molar-refractivity contribution < 1.29 is 9.53 Å². The maximum atomic E-state index is 11.9. The number of benzene rings is 2. The average Bonchev–Trinajstić information content (AvgIpc) is 3.21. The first kappa shape index (κ1) is 21.8. The van der Waals surface area contributed by atoms with Gasteiger partial charge in [0.1, 0.15) is 0 Å². The number of hydrogen-bond donors (Lipinski definition) is 2. The number of carbonyl (C=O) groups excluding carboxylic acids is 1. The summed E-state index contributed by atoms with van der Waals surface area (Å²) in [6, 6.07) is 16.4. The van der Waals surface area contributed by atoms with Gasteiger partial charge in [-0.2, -0.15) is 0 Å². The Morgan fingerprint density at radius 1 is 1.07 bits per heavy atom. The molecule has 0 bridgehead atoms. The Bertz CT molecular complexity index is 849. The van der Waals surface area contributed by atoms with Gasteiger partial charge in [0.2, 0.25) is 5.91 Å². The SMILES string of the molecule is CCNC(=NCc1ccc(N2CCCC2=O)cc1)NCc1ccccc1COCC. The summed E-state index contributed by atoms with van der Waals surface area (Å²) in [6.45, 7) is 8.26. The molecular weight excluding hydrogens is 376 g/mol. The summed E-state index contributed by atoms with van der Waals surface area (Å²) in [5.74, 6) is 0.992. The second-order valence-corrected chi connectivity index (χ2v) is 7.27. The minimum Gasteiger partial charge on any atom is -0.377 e. The van der Waals surface area contributed by atoms with Gasteiger partial charge in [-0.25, -0.2) is 4.99 Å². The van der Waals surface area contributed by atoms with Crippen LogP contribution in [0.1, 0.15) is 43.4 Å². The molecule has 1 amide bonds. The van der Waals surface area contributed by atoms with Crippen LogP contribution in [0.2, 0.25) is 0 Å². The fourth-order valence-electron chi connectivity index (χ4n) is 3.48. The zero-order chi connectivity index (χ0) is 21.2. The lowest BCUT2D eigenvalue weighted by molar-refractivity contribution is -0.117. The molecule has 2 aromatic rings. The summed E-state index contributed by atoms with van der Waals surface area (Å²) in [4.78, 5) is 18.5. The van der Waals surface area contributed by atoms with E-state index in [9.17, 15) is 4.79 Å².